The minimum atomic E-state index is -0.226. The van der Waals surface area contributed by atoms with Crippen molar-refractivity contribution in [3.8, 4) is 0 Å². The molecule has 1 saturated heterocycles. The van der Waals surface area contributed by atoms with Crippen LogP contribution in [0.15, 0.2) is 30.3 Å². The maximum Gasteiger partial charge on any atom is 0.227 e. The van der Waals surface area contributed by atoms with Gasteiger partial charge in [0, 0.05) is 13.1 Å². The quantitative estimate of drug-likeness (QED) is 0.890. The monoisotopic (exact) mass is 282 g/mol. The van der Waals surface area contributed by atoms with Crippen LogP contribution in [-0.4, -0.2) is 25.5 Å². The molecule has 2 rings (SSSR count). The zero-order valence-corrected chi connectivity index (χ0v) is 12.4. The molecule has 2 unspecified atom stereocenters. The van der Waals surface area contributed by atoms with Crippen LogP contribution in [0, 0.1) is 5.41 Å². The Balaban J connectivity index is 0.00000180. The summed E-state index contributed by atoms with van der Waals surface area (Å²) in [5.74, 6) is 0.531. The lowest BCUT2D eigenvalue weighted by atomic mass is 9.88. The molecule has 1 aromatic carbocycles. The van der Waals surface area contributed by atoms with Gasteiger partial charge in [0.1, 0.15) is 0 Å². The van der Waals surface area contributed by atoms with Crippen molar-refractivity contribution in [2.75, 3.05) is 19.6 Å². The smallest absolute Gasteiger partial charge is 0.227 e. The Hall–Kier alpha value is -1.06. The Morgan fingerprint density at radius 1 is 1.42 bits per heavy atom. The molecule has 1 amide bonds. The first kappa shape index (κ1) is 16.0. The lowest BCUT2D eigenvalue weighted by Crippen LogP contribution is -2.41. The summed E-state index contributed by atoms with van der Waals surface area (Å²) in [7, 11) is 0. The molecule has 1 aliphatic heterocycles. The third-order valence-corrected chi connectivity index (χ3v) is 3.85. The van der Waals surface area contributed by atoms with Crippen molar-refractivity contribution in [3.05, 3.63) is 35.9 Å². The van der Waals surface area contributed by atoms with Gasteiger partial charge in [0.05, 0.1) is 5.41 Å². The van der Waals surface area contributed by atoms with E-state index in [2.05, 4.69) is 29.7 Å². The van der Waals surface area contributed by atoms with Crippen molar-refractivity contribution in [2.24, 2.45) is 5.41 Å². The number of halogens is 1. The first-order chi connectivity index (χ1) is 8.62. The Kier molecular flexibility index (Phi) is 5.83. The lowest BCUT2D eigenvalue weighted by Gasteiger charge is -2.23. The third-order valence-electron chi connectivity index (χ3n) is 3.85. The van der Waals surface area contributed by atoms with Crippen LogP contribution >= 0.6 is 12.4 Å². The third kappa shape index (κ3) is 3.95. The summed E-state index contributed by atoms with van der Waals surface area (Å²) in [5.41, 5.74) is 1.05. The van der Waals surface area contributed by atoms with Crippen molar-refractivity contribution in [3.63, 3.8) is 0 Å². The van der Waals surface area contributed by atoms with E-state index in [0.717, 1.165) is 19.5 Å². The van der Waals surface area contributed by atoms with E-state index in [9.17, 15) is 4.79 Å². The summed E-state index contributed by atoms with van der Waals surface area (Å²) in [6, 6.07) is 10.3. The van der Waals surface area contributed by atoms with Crippen molar-refractivity contribution in [2.45, 2.75) is 26.2 Å². The predicted octanol–water partition coefficient (Wildman–Crippen LogP) is 2.33. The van der Waals surface area contributed by atoms with E-state index in [4.69, 9.17) is 0 Å². The second-order valence-corrected chi connectivity index (χ2v) is 5.51. The second kappa shape index (κ2) is 6.92. The van der Waals surface area contributed by atoms with E-state index in [1.807, 2.05) is 25.1 Å². The average molecular weight is 283 g/mol. The molecule has 0 aliphatic carbocycles. The molecule has 2 N–H and O–H groups in total. The van der Waals surface area contributed by atoms with Crippen molar-refractivity contribution < 1.29 is 4.79 Å². The number of hydrogen-bond acceptors (Lipinski definition) is 2. The number of carbonyl (C=O) groups is 1. The molecule has 1 fully saturated rings. The van der Waals surface area contributed by atoms with Crippen LogP contribution in [0.3, 0.4) is 0 Å². The van der Waals surface area contributed by atoms with E-state index in [-0.39, 0.29) is 23.7 Å². The van der Waals surface area contributed by atoms with Gasteiger partial charge in [0.25, 0.3) is 0 Å². The van der Waals surface area contributed by atoms with Gasteiger partial charge < -0.3 is 10.6 Å². The van der Waals surface area contributed by atoms with E-state index >= 15 is 0 Å². The summed E-state index contributed by atoms with van der Waals surface area (Å²) in [6.45, 7) is 6.62. The van der Waals surface area contributed by atoms with Crippen molar-refractivity contribution >= 4 is 18.3 Å². The van der Waals surface area contributed by atoms with E-state index in [0.29, 0.717) is 12.5 Å². The molecule has 0 spiro atoms. The highest BCUT2D eigenvalue weighted by Crippen LogP contribution is 2.24. The SMILES string of the molecule is CC(CNC(=O)C1(C)CCNC1)c1ccccc1.Cl. The molecule has 3 nitrogen and oxygen atoms in total. The molecule has 1 aromatic rings. The minimum Gasteiger partial charge on any atom is -0.355 e. The van der Waals surface area contributed by atoms with Gasteiger partial charge in [0.15, 0.2) is 0 Å². The molecule has 0 radical (unpaired) electrons. The topological polar surface area (TPSA) is 41.1 Å². The molecule has 106 valence electrons. The van der Waals surface area contributed by atoms with Crippen LogP contribution in [0.25, 0.3) is 0 Å². The van der Waals surface area contributed by atoms with Gasteiger partial charge in [0.2, 0.25) is 5.91 Å². The van der Waals surface area contributed by atoms with Crippen molar-refractivity contribution in [1.82, 2.24) is 10.6 Å². The van der Waals surface area contributed by atoms with Crippen LogP contribution in [0.5, 0.6) is 0 Å². The standard InChI is InChI=1S/C15H22N2O.ClH/c1-12(13-6-4-3-5-7-13)10-17-14(18)15(2)8-9-16-11-15;/h3-7,12,16H,8-11H2,1-2H3,(H,17,18);1H. The van der Waals surface area contributed by atoms with Gasteiger partial charge in [-0.1, -0.05) is 37.3 Å². The molecule has 0 aromatic heterocycles. The molecule has 1 aliphatic rings. The summed E-state index contributed by atoms with van der Waals surface area (Å²) >= 11 is 0. The number of benzene rings is 1. The highest BCUT2D eigenvalue weighted by Gasteiger charge is 2.36. The summed E-state index contributed by atoms with van der Waals surface area (Å²) in [4.78, 5) is 12.2. The average Bonchev–Trinajstić information content (AvgIpc) is 2.85. The fraction of sp³-hybridized carbons (Fsp3) is 0.533. The fourth-order valence-corrected chi connectivity index (χ4v) is 2.37. The molecule has 1 heterocycles. The normalized spacial score (nSPS) is 23.5. The minimum absolute atomic E-state index is 0. The molecular weight excluding hydrogens is 260 g/mol. The molecule has 4 heteroatoms. The van der Waals surface area contributed by atoms with E-state index < -0.39 is 0 Å². The summed E-state index contributed by atoms with van der Waals surface area (Å²) < 4.78 is 0. The first-order valence-electron chi connectivity index (χ1n) is 6.66. The van der Waals surface area contributed by atoms with Gasteiger partial charge in [-0.15, -0.1) is 12.4 Å². The number of hydrogen-bond donors (Lipinski definition) is 2. The highest BCUT2D eigenvalue weighted by molar-refractivity contribution is 5.85. The van der Waals surface area contributed by atoms with E-state index in [1.54, 1.807) is 0 Å². The Labute approximate surface area is 121 Å². The molecule has 2 atom stereocenters. The summed E-state index contributed by atoms with van der Waals surface area (Å²) in [6.07, 6.45) is 0.929. The zero-order chi connectivity index (χ0) is 13.0. The summed E-state index contributed by atoms with van der Waals surface area (Å²) in [5, 5.41) is 6.34. The maximum atomic E-state index is 12.2. The molecule has 0 saturated carbocycles. The predicted molar refractivity (Wildman–Crippen MR) is 80.7 cm³/mol. The Morgan fingerprint density at radius 3 is 2.68 bits per heavy atom. The molecule has 0 bridgehead atoms. The van der Waals surface area contributed by atoms with Crippen LogP contribution in [0.1, 0.15) is 31.7 Å². The fourth-order valence-electron chi connectivity index (χ4n) is 2.37. The van der Waals surface area contributed by atoms with E-state index in [1.165, 1.54) is 5.56 Å². The lowest BCUT2D eigenvalue weighted by molar-refractivity contribution is -0.129. The number of carbonyl (C=O) groups excluding carboxylic acids is 1. The first-order valence-corrected chi connectivity index (χ1v) is 6.66. The van der Waals surface area contributed by atoms with Gasteiger partial charge in [-0.3, -0.25) is 4.79 Å². The zero-order valence-electron chi connectivity index (χ0n) is 11.6. The van der Waals surface area contributed by atoms with Crippen LogP contribution in [0.4, 0.5) is 0 Å². The number of nitrogens with one attached hydrogen (secondary N) is 2. The largest absolute Gasteiger partial charge is 0.355 e. The van der Waals surface area contributed by atoms with Gasteiger partial charge in [-0.25, -0.2) is 0 Å². The van der Waals surface area contributed by atoms with Gasteiger partial charge >= 0.3 is 0 Å². The second-order valence-electron chi connectivity index (χ2n) is 5.51. The highest BCUT2D eigenvalue weighted by atomic mass is 35.5. The van der Waals surface area contributed by atoms with Crippen LogP contribution in [0.2, 0.25) is 0 Å². The van der Waals surface area contributed by atoms with Gasteiger partial charge in [-0.2, -0.15) is 0 Å². The Morgan fingerprint density at radius 2 is 2.11 bits per heavy atom. The van der Waals surface area contributed by atoms with Crippen LogP contribution in [-0.2, 0) is 4.79 Å². The number of amides is 1. The van der Waals surface area contributed by atoms with Gasteiger partial charge in [-0.05, 0) is 31.4 Å². The molecular formula is C15H23ClN2O. The van der Waals surface area contributed by atoms with Crippen molar-refractivity contribution in [1.29, 1.82) is 0 Å². The molecule has 19 heavy (non-hydrogen) atoms. The van der Waals surface area contributed by atoms with Crippen LogP contribution < -0.4 is 10.6 Å². The number of rotatable bonds is 4. The Bertz CT molecular complexity index is 402. The maximum absolute atomic E-state index is 12.2.